The number of nitrogens with zero attached hydrogens (tertiary/aromatic N) is 3. The molecule has 1 aromatic heterocycles. The molecule has 1 rings (SSSR count). The van der Waals surface area contributed by atoms with Gasteiger partial charge < -0.3 is 4.57 Å². The monoisotopic (exact) mass is 183 g/mol. The standard InChI is InChI=1S/C5H5F4N3/c1-12-2-10-11-4(12)5(8,9)3(6)7/h2-3H,1H3. The summed E-state index contributed by atoms with van der Waals surface area (Å²) in [6.45, 7) is 0. The summed E-state index contributed by atoms with van der Waals surface area (Å²) in [7, 11) is 1.17. The molecule has 0 fully saturated rings. The number of halogens is 4. The SMILES string of the molecule is Cn1cnnc1C(F)(F)C(F)F. The Hall–Kier alpha value is -1.14. The highest BCUT2D eigenvalue weighted by Gasteiger charge is 2.46. The van der Waals surface area contributed by atoms with E-state index in [0.717, 1.165) is 10.9 Å². The smallest absolute Gasteiger partial charge is 0.315 e. The van der Waals surface area contributed by atoms with Gasteiger partial charge in [0.1, 0.15) is 6.33 Å². The van der Waals surface area contributed by atoms with Gasteiger partial charge in [-0.05, 0) is 0 Å². The van der Waals surface area contributed by atoms with E-state index in [1.165, 1.54) is 7.05 Å². The third-order valence-electron chi connectivity index (χ3n) is 1.28. The highest BCUT2D eigenvalue weighted by atomic mass is 19.3. The summed E-state index contributed by atoms with van der Waals surface area (Å²) in [5, 5.41) is 5.96. The molecule has 0 saturated carbocycles. The number of rotatable bonds is 2. The molecule has 12 heavy (non-hydrogen) atoms. The Labute approximate surface area is 65.0 Å². The summed E-state index contributed by atoms with van der Waals surface area (Å²) >= 11 is 0. The van der Waals surface area contributed by atoms with Gasteiger partial charge in [-0.1, -0.05) is 0 Å². The van der Waals surface area contributed by atoms with Crippen molar-refractivity contribution in [3.8, 4) is 0 Å². The third-order valence-corrected chi connectivity index (χ3v) is 1.28. The number of hydrogen-bond donors (Lipinski definition) is 0. The molecule has 3 nitrogen and oxygen atoms in total. The predicted octanol–water partition coefficient (Wildman–Crippen LogP) is 1.17. The average Bonchev–Trinajstić information content (AvgIpc) is 2.35. The Morgan fingerprint density at radius 3 is 2.42 bits per heavy atom. The van der Waals surface area contributed by atoms with E-state index < -0.39 is 18.2 Å². The van der Waals surface area contributed by atoms with Crippen LogP contribution in [0.3, 0.4) is 0 Å². The van der Waals surface area contributed by atoms with E-state index in [2.05, 4.69) is 10.2 Å². The molecule has 0 aromatic carbocycles. The van der Waals surface area contributed by atoms with E-state index in [9.17, 15) is 17.6 Å². The second kappa shape index (κ2) is 2.72. The van der Waals surface area contributed by atoms with Crippen LogP contribution in [0.1, 0.15) is 5.82 Å². The summed E-state index contributed by atoms with van der Waals surface area (Å²) in [4.78, 5) is 0. The molecule has 1 heterocycles. The minimum absolute atomic E-state index is 0.756. The fourth-order valence-electron chi connectivity index (χ4n) is 0.683. The highest BCUT2D eigenvalue weighted by molar-refractivity contribution is 4.96. The number of aryl methyl sites for hydroxylation is 1. The van der Waals surface area contributed by atoms with Gasteiger partial charge in [0.05, 0.1) is 0 Å². The topological polar surface area (TPSA) is 30.7 Å². The zero-order valence-electron chi connectivity index (χ0n) is 6.01. The summed E-state index contributed by atoms with van der Waals surface area (Å²) in [5.41, 5.74) is 0. The van der Waals surface area contributed by atoms with Gasteiger partial charge in [0.25, 0.3) is 0 Å². The van der Waals surface area contributed by atoms with Gasteiger partial charge >= 0.3 is 12.3 Å². The van der Waals surface area contributed by atoms with Gasteiger partial charge in [-0.3, -0.25) is 0 Å². The van der Waals surface area contributed by atoms with E-state index in [-0.39, 0.29) is 0 Å². The van der Waals surface area contributed by atoms with Crippen molar-refractivity contribution in [1.29, 1.82) is 0 Å². The van der Waals surface area contributed by atoms with Crippen LogP contribution < -0.4 is 0 Å². The third kappa shape index (κ3) is 1.26. The van der Waals surface area contributed by atoms with Crippen molar-refractivity contribution >= 4 is 0 Å². The first-order chi connectivity index (χ1) is 5.46. The molecule has 0 aliphatic heterocycles. The number of alkyl halides is 4. The van der Waals surface area contributed by atoms with E-state index in [4.69, 9.17) is 0 Å². The molecule has 7 heteroatoms. The molecular weight excluding hydrogens is 178 g/mol. The van der Waals surface area contributed by atoms with Crippen molar-refractivity contribution in [3.63, 3.8) is 0 Å². The van der Waals surface area contributed by atoms with Gasteiger partial charge in [0.15, 0.2) is 0 Å². The van der Waals surface area contributed by atoms with Gasteiger partial charge in [0, 0.05) is 7.05 Å². The van der Waals surface area contributed by atoms with Gasteiger partial charge in [-0.25, -0.2) is 8.78 Å². The number of hydrogen-bond acceptors (Lipinski definition) is 2. The lowest BCUT2D eigenvalue weighted by Gasteiger charge is -2.12. The summed E-state index contributed by atoms with van der Waals surface area (Å²) in [6, 6.07) is 0. The van der Waals surface area contributed by atoms with E-state index >= 15 is 0 Å². The fraction of sp³-hybridized carbons (Fsp3) is 0.600. The molecule has 0 atom stereocenters. The summed E-state index contributed by atoms with van der Waals surface area (Å²) < 4.78 is 49.2. The first-order valence-corrected chi connectivity index (χ1v) is 2.96. The Kier molecular flexibility index (Phi) is 2.03. The van der Waals surface area contributed by atoms with Crippen molar-refractivity contribution in [2.75, 3.05) is 0 Å². The van der Waals surface area contributed by atoms with E-state index in [0.29, 0.717) is 0 Å². The number of aromatic nitrogens is 3. The van der Waals surface area contributed by atoms with Gasteiger partial charge in [0.2, 0.25) is 5.82 Å². The van der Waals surface area contributed by atoms with Crippen molar-refractivity contribution in [2.24, 2.45) is 7.05 Å². The Morgan fingerprint density at radius 1 is 1.50 bits per heavy atom. The fourth-order valence-corrected chi connectivity index (χ4v) is 0.683. The molecule has 0 radical (unpaired) electrons. The maximum atomic E-state index is 12.5. The first kappa shape index (κ1) is 8.95. The molecule has 0 unspecified atom stereocenters. The van der Waals surface area contributed by atoms with Crippen LogP contribution in [0.25, 0.3) is 0 Å². The molecule has 0 N–H and O–H groups in total. The minimum Gasteiger partial charge on any atom is -0.315 e. The predicted molar refractivity (Wildman–Crippen MR) is 30.9 cm³/mol. The van der Waals surface area contributed by atoms with Gasteiger partial charge in [-0.2, -0.15) is 8.78 Å². The molecule has 68 valence electrons. The lowest BCUT2D eigenvalue weighted by molar-refractivity contribution is -0.142. The van der Waals surface area contributed by atoms with Crippen molar-refractivity contribution in [1.82, 2.24) is 14.8 Å². The van der Waals surface area contributed by atoms with Crippen molar-refractivity contribution in [2.45, 2.75) is 12.3 Å². The maximum Gasteiger partial charge on any atom is 0.365 e. The van der Waals surface area contributed by atoms with Gasteiger partial charge in [-0.15, -0.1) is 10.2 Å². The molecule has 0 amide bonds. The van der Waals surface area contributed by atoms with Crippen LogP contribution in [0, 0.1) is 0 Å². The normalized spacial score (nSPS) is 12.5. The maximum absolute atomic E-state index is 12.5. The highest BCUT2D eigenvalue weighted by Crippen LogP contribution is 2.32. The lowest BCUT2D eigenvalue weighted by Crippen LogP contribution is -2.27. The van der Waals surface area contributed by atoms with Crippen LogP contribution in [0.2, 0.25) is 0 Å². The van der Waals surface area contributed by atoms with E-state index in [1.54, 1.807) is 0 Å². The molecule has 0 spiro atoms. The zero-order chi connectivity index (χ0) is 9.35. The quantitative estimate of drug-likeness (QED) is 0.644. The van der Waals surface area contributed by atoms with Crippen LogP contribution in [0.4, 0.5) is 17.6 Å². The second-order valence-corrected chi connectivity index (χ2v) is 2.19. The molecule has 0 bridgehead atoms. The Morgan fingerprint density at radius 2 is 2.08 bits per heavy atom. The Bertz CT molecular complexity index is 269. The van der Waals surface area contributed by atoms with Crippen molar-refractivity contribution < 1.29 is 17.6 Å². The minimum atomic E-state index is -4.23. The Balaban J connectivity index is 3.05. The van der Waals surface area contributed by atoms with Crippen LogP contribution >= 0.6 is 0 Å². The van der Waals surface area contributed by atoms with E-state index in [1.807, 2.05) is 0 Å². The molecule has 0 aliphatic carbocycles. The van der Waals surface area contributed by atoms with Crippen LogP contribution in [0.5, 0.6) is 0 Å². The largest absolute Gasteiger partial charge is 0.365 e. The molecule has 0 saturated heterocycles. The zero-order valence-corrected chi connectivity index (χ0v) is 6.01. The van der Waals surface area contributed by atoms with Crippen molar-refractivity contribution in [3.05, 3.63) is 12.2 Å². The average molecular weight is 183 g/mol. The summed E-state index contributed by atoms with van der Waals surface area (Å²) in [5.74, 6) is -5.26. The summed E-state index contributed by atoms with van der Waals surface area (Å²) in [6.07, 6.45) is -2.83. The van der Waals surface area contributed by atoms with Crippen LogP contribution in [0.15, 0.2) is 6.33 Å². The second-order valence-electron chi connectivity index (χ2n) is 2.19. The van der Waals surface area contributed by atoms with Crippen LogP contribution in [-0.4, -0.2) is 21.2 Å². The molecular formula is C5H5F4N3. The molecule has 1 aromatic rings. The molecule has 0 aliphatic rings. The van der Waals surface area contributed by atoms with Crippen LogP contribution in [-0.2, 0) is 13.0 Å². The first-order valence-electron chi connectivity index (χ1n) is 2.96. The lowest BCUT2D eigenvalue weighted by atomic mass is 10.3.